The summed E-state index contributed by atoms with van der Waals surface area (Å²) in [5, 5.41) is 13.3. The van der Waals surface area contributed by atoms with Crippen LogP contribution in [-0.2, 0) is 9.53 Å². The molecular formula is C14H18ClNO3. The van der Waals surface area contributed by atoms with Gasteiger partial charge in [-0.1, -0.05) is 36.6 Å². The molecule has 0 bridgehead atoms. The summed E-state index contributed by atoms with van der Waals surface area (Å²) in [5.74, 6) is -0.890. The number of rotatable bonds is 4. The van der Waals surface area contributed by atoms with E-state index in [4.69, 9.17) is 16.3 Å². The Morgan fingerprint density at radius 3 is 2.84 bits per heavy atom. The Morgan fingerprint density at radius 1 is 1.47 bits per heavy atom. The number of carboxylic acid groups (broad SMARTS) is 1. The fraction of sp³-hybridized carbons (Fsp3) is 0.500. The highest BCUT2D eigenvalue weighted by Gasteiger charge is 2.48. The van der Waals surface area contributed by atoms with E-state index in [9.17, 15) is 9.90 Å². The first-order chi connectivity index (χ1) is 9.10. The molecule has 1 saturated carbocycles. The van der Waals surface area contributed by atoms with Crippen LogP contribution in [0.3, 0.4) is 0 Å². The standard InChI is InChI=1S/C14H18ClNO3/c1-19-12-8-4-5-9-14(12,13(17)18)16-11-7-3-2-6-10(11)15/h2-3,6-7,12,16H,4-5,8-9H2,1H3,(H,17,18). The van der Waals surface area contributed by atoms with Crippen molar-refractivity contribution < 1.29 is 14.6 Å². The number of hydrogen-bond donors (Lipinski definition) is 2. The highest BCUT2D eigenvalue weighted by Crippen LogP contribution is 2.36. The van der Waals surface area contributed by atoms with Gasteiger partial charge in [0.05, 0.1) is 16.8 Å². The third-order valence-electron chi connectivity index (χ3n) is 3.73. The van der Waals surface area contributed by atoms with Gasteiger partial charge >= 0.3 is 5.97 Å². The van der Waals surface area contributed by atoms with E-state index in [-0.39, 0.29) is 6.10 Å². The van der Waals surface area contributed by atoms with E-state index in [1.807, 2.05) is 12.1 Å². The van der Waals surface area contributed by atoms with Crippen LogP contribution in [0.1, 0.15) is 25.7 Å². The highest BCUT2D eigenvalue weighted by atomic mass is 35.5. The second-order valence-corrected chi connectivity index (χ2v) is 5.26. The lowest BCUT2D eigenvalue weighted by atomic mass is 9.78. The van der Waals surface area contributed by atoms with Crippen LogP contribution in [0.15, 0.2) is 24.3 Å². The van der Waals surface area contributed by atoms with E-state index in [1.54, 1.807) is 19.2 Å². The summed E-state index contributed by atoms with van der Waals surface area (Å²) in [5.41, 5.74) is -0.464. The molecule has 2 N–H and O–H groups in total. The predicted octanol–water partition coefficient (Wildman–Crippen LogP) is 3.16. The van der Waals surface area contributed by atoms with Crippen molar-refractivity contribution in [3.05, 3.63) is 29.3 Å². The molecule has 0 heterocycles. The minimum absolute atomic E-state index is 0.352. The lowest BCUT2D eigenvalue weighted by Crippen LogP contribution is -2.58. The van der Waals surface area contributed by atoms with Crippen molar-refractivity contribution in [3.8, 4) is 0 Å². The van der Waals surface area contributed by atoms with E-state index in [2.05, 4.69) is 5.32 Å². The number of aliphatic carboxylic acids is 1. The number of methoxy groups -OCH3 is 1. The van der Waals surface area contributed by atoms with Crippen LogP contribution in [0.25, 0.3) is 0 Å². The smallest absolute Gasteiger partial charge is 0.332 e. The Kier molecular flexibility index (Phi) is 4.32. The van der Waals surface area contributed by atoms with Gasteiger partial charge in [0, 0.05) is 7.11 Å². The van der Waals surface area contributed by atoms with Crippen molar-refractivity contribution in [1.82, 2.24) is 0 Å². The van der Waals surface area contributed by atoms with Crippen LogP contribution >= 0.6 is 11.6 Å². The van der Waals surface area contributed by atoms with Gasteiger partial charge < -0.3 is 15.2 Å². The lowest BCUT2D eigenvalue weighted by molar-refractivity contribution is -0.149. The summed E-state index contributed by atoms with van der Waals surface area (Å²) in [4.78, 5) is 11.8. The molecule has 0 amide bonds. The largest absolute Gasteiger partial charge is 0.479 e. The van der Waals surface area contributed by atoms with Crippen molar-refractivity contribution in [1.29, 1.82) is 0 Å². The van der Waals surface area contributed by atoms with Gasteiger partial charge in [0.1, 0.15) is 0 Å². The Hall–Kier alpha value is -1.26. The fourth-order valence-corrected chi connectivity index (χ4v) is 2.89. The van der Waals surface area contributed by atoms with Crippen molar-refractivity contribution in [3.63, 3.8) is 0 Å². The first kappa shape index (κ1) is 14.2. The fourth-order valence-electron chi connectivity index (χ4n) is 2.70. The molecule has 2 rings (SSSR count). The summed E-state index contributed by atoms with van der Waals surface area (Å²) >= 11 is 6.10. The summed E-state index contributed by atoms with van der Waals surface area (Å²) in [7, 11) is 1.56. The Balaban J connectivity index is 2.34. The third kappa shape index (κ3) is 2.69. The number of halogens is 1. The average molecular weight is 284 g/mol. The number of benzene rings is 1. The van der Waals surface area contributed by atoms with Gasteiger partial charge in [-0.15, -0.1) is 0 Å². The number of para-hydroxylation sites is 1. The molecule has 2 unspecified atom stereocenters. The summed E-state index contributed by atoms with van der Waals surface area (Å²) in [6.45, 7) is 0. The van der Waals surface area contributed by atoms with E-state index < -0.39 is 11.5 Å². The second kappa shape index (κ2) is 5.80. The van der Waals surface area contributed by atoms with Crippen LogP contribution in [0, 0.1) is 0 Å². The molecule has 0 aliphatic heterocycles. The van der Waals surface area contributed by atoms with Gasteiger partial charge in [-0.25, -0.2) is 4.79 Å². The van der Waals surface area contributed by atoms with Gasteiger partial charge in [-0.05, 0) is 25.0 Å². The molecule has 0 saturated heterocycles. The molecule has 104 valence electrons. The molecule has 1 aromatic rings. The Morgan fingerprint density at radius 2 is 2.21 bits per heavy atom. The normalized spacial score (nSPS) is 26.9. The molecule has 4 nitrogen and oxygen atoms in total. The van der Waals surface area contributed by atoms with Gasteiger partial charge in [0.2, 0.25) is 0 Å². The zero-order chi connectivity index (χ0) is 13.9. The van der Waals surface area contributed by atoms with Crippen molar-refractivity contribution in [2.45, 2.75) is 37.3 Å². The van der Waals surface area contributed by atoms with Crippen LogP contribution < -0.4 is 5.32 Å². The maximum Gasteiger partial charge on any atom is 0.332 e. The van der Waals surface area contributed by atoms with Crippen molar-refractivity contribution in [2.24, 2.45) is 0 Å². The zero-order valence-corrected chi connectivity index (χ0v) is 11.6. The predicted molar refractivity (Wildman–Crippen MR) is 74.7 cm³/mol. The molecule has 19 heavy (non-hydrogen) atoms. The van der Waals surface area contributed by atoms with E-state index in [0.717, 1.165) is 19.3 Å². The highest BCUT2D eigenvalue weighted by molar-refractivity contribution is 6.33. The molecule has 5 heteroatoms. The Labute approximate surface area is 117 Å². The van der Waals surface area contributed by atoms with Crippen LogP contribution in [0.4, 0.5) is 5.69 Å². The molecule has 1 aliphatic carbocycles. The number of carboxylic acids is 1. The summed E-state index contributed by atoms with van der Waals surface area (Å²) in [6, 6.07) is 7.17. The minimum atomic E-state index is -1.10. The molecule has 1 aromatic carbocycles. The topological polar surface area (TPSA) is 58.6 Å². The first-order valence-corrected chi connectivity index (χ1v) is 6.77. The first-order valence-electron chi connectivity index (χ1n) is 6.39. The summed E-state index contributed by atoms with van der Waals surface area (Å²) in [6.07, 6.45) is 2.77. The van der Waals surface area contributed by atoms with E-state index >= 15 is 0 Å². The summed E-state index contributed by atoms with van der Waals surface area (Å²) < 4.78 is 5.39. The number of anilines is 1. The zero-order valence-electron chi connectivity index (χ0n) is 10.9. The molecule has 0 radical (unpaired) electrons. The molecule has 1 fully saturated rings. The van der Waals surface area contributed by atoms with Gasteiger partial charge in [0.15, 0.2) is 5.54 Å². The SMILES string of the molecule is COC1CCCCC1(Nc1ccccc1Cl)C(=O)O. The molecule has 0 spiro atoms. The van der Waals surface area contributed by atoms with Crippen LogP contribution in [0.2, 0.25) is 5.02 Å². The number of ether oxygens (including phenoxy) is 1. The molecular weight excluding hydrogens is 266 g/mol. The van der Waals surface area contributed by atoms with Crippen molar-refractivity contribution >= 4 is 23.3 Å². The molecule has 1 aliphatic rings. The second-order valence-electron chi connectivity index (χ2n) is 4.85. The van der Waals surface area contributed by atoms with Crippen LogP contribution in [0.5, 0.6) is 0 Å². The average Bonchev–Trinajstić information content (AvgIpc) is 2.41. The van der Waals surface area contributed by atoms with Gasteiger partial charge in [0.25, 0.3) is 0 Å². The quantitative estimate of drug-likeness (QED) is 0.891. The molecule has 0 aromatic heterocycles. The third-order valence-corrected chi connectivity index (χ3v) is 4.06. The van der Waals surface area contributed by atoms with Gasteiger partial charge in [-0.3, -0.25) is 0 Å². The van der Waals surface area contributed by atoms with Crippen molar-refractivity contribution in [2.75, 3.05) is 12.4 Å². The Bertz CT molecular complexity index is 466. The van der Waals surface area contributed by atoms with E-state index in [1.165, 1.54) is 0 Å². The number of carbonyl (C=O) groups is 1. The molecule has 2 atom stereocenters. The maximum absolute atomic E-state index is 11.8. The monoisotopic (exact) mass is 283 g/mol. The van der Waals surface area contributed by atoms with Crippen LogP contribution in [-0.4, -0.2) is 29.8 Å². The maximum atomic E-state index is 11.8. The number of hydrogen-bond acceptors (Lipinski definition) is 3. The van der Waals surface area contributed by atoms with E-state index in [0.29, 0.717) is 17.1 Å². The minimum Gasteiger partial charge on any atom is -0.479 e. The lowest BCUT2D eigenvalue weighted by Gasteiger charge is -2.41. The number of nitrogens with one attached hydrogen (secondary N) is 1. The van der Waals surface area contributed by atoms with Gasteiger partial charge in [-0.2, -0.15) is 0 Å².